The Bertz CT molecular complexity index is 899. The maximum Gasteiger partial charge on any atom is 0.274 e. The highest BCUT2D eigenvalue weighted by atomic mass is 16.1. The zero-order valence-corrected chi connectivity index (χ0v) is 13.4. The standard InChI is InChI=1S/C20H16N4O/c21-12-16-7-4-8-17(11-16)24-20(25)19-10-9-18(14-23-19)22-13-15-5-2-1-3-6-15/h1-11,14,22H,13H2,(H,24,25). The van der Waals surface area contributed by atoms with Gasteiger partial charge in [-0.25, -0.2) is 4.98 Å². The molecule has 0 spiro atoms. The van der Waals surface area contributed by atoms with Gasteiger partial charge in [0.1, 0.15) is 5.69 Å². The van der Waals surface area contributed by atoms with Crippen molar-refractivity contribution in [2.45, 2.75) is 6.54 Å². The number of benzene rings is 2. The third-order valence-corrected chi connectivity index (χ3v) is 3.59. The molecule has 0 aliphatic carbocycles. The Hall–Kier alpha value is -3.65. The van der Waals surface area contributed by atoms with Crippen LogP contribution in [0.4, 0.5) is 11.4 Å². The highest BCUT2D eigenvalue weighted by molar-refractivity contribution is 6.03. The lowest BCUT2D eigenvalue weighted by molar-refractivity contribution is 0.102. The molecule has 0 bridgehead atoms. The van der Waals surface area contributed by atoms with E-state index < -0.39 is 0 Å². The summed E-state index contributed by atoms with van der Waals surface area (Å²) in [5.74, 6) is -0.315. The van der Waals surface area contributed by atoms with Crippen LogP contribution in [0.3, 0.4) is 0 Å². The molecule has 1 aromatic heterocycles. The van der Waals surface area contributed by atoms with Crippen molar-refractivity contribution in [1.82, 2.24) is 4.98 Å². The minimum atomic E-state index is -0.315. The van der Waals surface area contributed by atoms with Gasteiger partial charge in [-0.15, -0.1) is 0 Å². The number of pyridine rings is 1. The van der Waals surface area contributed by atoms with E-state index in [1.165, 1.54) is 5.56 Å². The first-order valence-corrected chi connectivity index (χ1v) is 7.80. The molecule has 5 heteroatoms. The fourth-order valence-electron chi connectivity index (χ4n) is 2.29. The van der Waals surface area contributed by atoms with Gasteiger partial charge in [0.25, 0.3) is 5.91 Å². The molecule has 0 radical (unpaired) electrons. The molecule has 0 saturated heterocycles. The van der Waals surface area contributed by atoms with Crippen LogP contribution in [-0.4, -0.2) is 10.9 Å². The number of hydrogen-bond acceptors (Lipinski definition) is 4. The Balaban J connectivity index is 1.61. The quantitative estimate of drug-likeness (QED) is 0.746. The third-order valence-electron chi connectivity index (χ3n) is 3.59. The molecule has 1 amide bonds. The second kappa shape index (κ2) is 7.75. The summed E-state index contributed by atoms with van der Waals surface area (Å²) in [6.07, 6.45) is 1.63. The van der Waals surface area contributed by atoms with Crippen LogP contribution in [0.1, 0.15) is 21.6 Å². The molecule has 2 aromatic carbocycles. The number of rotatable bonds is 5. The molecule has 0 aliphatic heterocycles. The lowest BCUT2D eigenvalue weighted by Gasteiger charge is -2.08. The summed E-state index contributed by atoms with van der Waals surface area (Å²) < 4.78 is 0. The molecular weight excluding hydrogens is 312 g/mol. The van der Waals surface area contributed by atoms with Crippen LogP contribution in [0.15, 0.2) is 72.9 Å². The van der Waals surface area contributed by atoms with Gasteiger partial charge in [-0.3, -0.25) is 4.79 Å². The number of nitriles is 1. The van der Waals surface area contributed by atoms with Gasteiger partial charge in [0.15, 0.2) is 0 Å². The lowest BCUT2D eigenvalue weighted by atomic mass is 10.2. The number of carbonyl (C=O) groups excluding carboxylic acids is 1. The van der Waals surface area contributed by atoms with Crippen LogP contribution in [-0.2, 0) is 6.54 Å². The molecule has 3 aromatic rings. The zero-order chi connectivity index (χ0) is 17.5. The van der Waals surface area contributed by atoms with E-state index in [1.807, 2.05) is 42.5 Å². The van der Waals surface area contributed by atoms with Crippen LogP contribution in [0.25, 0.3) is 0 Å². The topological polar surface area (TPSA) is 77.8 Å². The molecule has 5 nitrogen and oxygen atoms in total. The summed E-state index contributed by atoms with van der Waals surface area (Å²) in [7, 11) is 0. The van der Waals surface area contributed by atoms with Gasteiger partial charge in [-0.1, -0.05) is 36.4 Å². The van der Waals surface area contributed by atoms with Gasteiger partial charge in [-0.05, 0) is 35.9 Å². The summed E-state index contributed by atoms with van der Waals surface area (Å²) in [5.41, 5.74) is 3.38. The normalized spacial score (nSPS) is 9.88. The van der Waals surface area contributed by atoms with Crippen molar-refractivity contribution >= 4 is 17.3 Å². The Kier molecular flexibility index (Phi) is 5.03. The SMILES string of the molecule is N#Cc1cccc(NC(=O)c2ccc(NCc3ccccc3)cn2)c1. The highest BCUT2D eigenvalue weighted by Gasteiger charge is 2.08. The van der Waals surface area contributed by atoms with E-state index in [2.05, 4.69) is 15.6 Å². The third kappa shape index (κ3) is 4.43. The molecule has 3 rings (SSSR count). The van der Waals surface area contributed by atoms with Gasteiger partial charge >= 0.3 is 0 Å². The maximum absolute atomic E-state index is 12.2. The first kappa shape index (κ1) is 16.2. The van der Waals surface area contributed by atoms with Crippen molar-refractivity contribution in [3.05, 3.63) is 89.7 Å². The minimum Gasteiger partial charge on any atom is -0.380 e. The van der Waals surface area contributed by atoms with E-state index in [0.29, 0.717) is 23.5 Å². The summed E-state index contributed by atoms with van der Waals surface area (Å²) in [5, 5.41) is 14.9. The lowest BCUT2D eigenvalue weighted by Crippen LogP contribution is -2.13. The van der Waals surface area contributed by atoms with E-state index >= 15 is 0 Å². The number of anilines is 2. The van der Waals surface area contributed by atoms with E-state index in [1.54, 1.807) is 36.5 Å². The number of nitrogens with zero attached hydrogens (tertiary/aromatic N) is 2. The summed E-state index contributed by atoms with van der Waals surface area (Å²) in [4.78, 5) is 16.4. The van der Waals surface area contributed by atoms with E-state index in [4.69, 9.17) is 5.26 Å². The van der Waals surface area contributed by atoms with Crippen molar-refractivity contribution in [3.8, 4) is 6.07 Å². The minimum absolute atomic E-state index is 0.313. The molecule has 25 heavy (non-hydrogen) atoms. The molecule has 0 saturated carbocycles. The number of aromatic nitrogens is 1. The second-order valence-corrected chi connectivity index (χ2v) is 5.42. The Morgan fingerprint density at radius 1 is 1.00 bits per heavy atom. The predicted molar refractivity (Wildman–Crippen MR) is 97.1 cm³/mol. The average molecular weight is 328 g/mol. The maximum atomic E-state index is 12.2. The Morgan fingerprint density at radius 3 is 2.56 bits per heavy atom. The molecule has 0 unspecified atom stereocenters. The van der Waals surface area contributed by atoms with Crippen LogP contribution in [0.5, 0.6) is 0 Å². The molecule has 0 aliphatic rings. The molecule has 122 valence electrons. The summed E-state index contributed by atoms with van der Waals surface area (Å²) in [6, 6.07) is 22.3. The molecule has 0 fully saturated rings. The highest BCUT2D eigenvalue weighted by Crippen LogP contribution is 2.13. The van der Waals surface area contributed by atoms with Crippen molar-refractivity contribution in [2.24, 2.45) is 0 Å². The average Bonchev–Trinajstić information content (AvgIpc) is 2.67. The van der Waals surface area contributed by atoms with Crippen molar-refractivity contribution in [3.63, 3.8) is 0 Å². The first-order chi connectivity index (χ1) is 12.2. The Labute approximate surface area is 146 Å². The van der Waals surface area contributed by atoms with Gasteiger partial charge in [0.05, 0.1) is 23.5 Å². The van der Waals surface area contributed by atoms with Crippen molar-refractivity contribution in [2.75, 3.05) is 10.6 Å². The van der Waals surface area contributed by atoms with Crippen LogP contribution in [0.2, 0.25) is 0 Å². The zero-order valence-electron chi connectivity index (χ0n) is 13.4. The summed E-state index contributed by atoms with van der Waals surface area (Å²) >= 11 is 0. The van der Waals surface area contributed by atoms with Gasteiger partial charge in [-0.2, -0.15) is 5.26 Å². The molecule has 1 heterocycles. The first-order valence-electron chi connectivity index (χ1n) is 7.80. The largest absolute Gasteiger partial charge is 0.380 e. The predicted octanol–water partition coefficient (Wildman–Crippen LogP) is 3.82. The van der Waals surface area contributed by atoms with Crippen molar-refractivity contribution < 1.29 is 4.79 Å². The number of nitrogens with one attached hydrogen (secondary N) is 2. The fraction of sp³-hybridized carbons (Fsp3) is 0.0500. The van der Waals surface area contributed by atoms with Gasteiger partial charge in [0, 0.05) is 12.2 Å². The van der Waals surface area contributed by atoms with Crippen molar-refractivity contribution in [1.29, 1.82) is 5.26 Å². The number of amides is 1. The van der Waals surface area contributed by atoms with Gasteiger partial charge < -0.3 is 10.6 Å². The number of hydrogen-bond donors (Lipinski definition) is 2. The van der Waals surface area contributed by atoms with Crippen LogP contribution >= 0.6 is 0 Å². The Morgan fingerprint density at radius 2 is 1.84 bits per heavy atom. The van der Waals surface area contributed by atoms with E-state index in [-0.39, 0.29) is 5.91 Å². The second-order valence-electron chi connectivity index (χ2n) is 5.42. The summed E-state index contributed by atoms with van der Waals surface area (Å²) in [6.45, 7) is 0.689. The number of carbonyl (C=O) groups is 1. The monoisotopic (exact) mass is 328 g/mol. The van der Waals surface area contributed by atoms with Crippen LogP contribution < -0.4 is 10.6 Å². The smallest absolute Gasteiger partial charge is 0.274 e. The van der Waals surface area contributed by atoms with E-state index in [9.17, 15) is 4.79 Å². The fourth-order valence-corrected chi connectivity index (χ4v) is 2.29. The van der Waals surface area contributed by atoms with Gasteiger partial charge in [0.2, 0.25) is 0 Å². The van der Waals surface area contributed by atoms with Crippen LogP contribution in [0, 0.1) is 11.3 Å². The van der Waals surface area contributed by atoms with E-state index in [0.717, 1.165) is 5.69 Å². The molecule has 2 N–H and O–H groups in total. The molecule has 0 atom stereocenters. The molecular formula is C20H16N4O.